The second-order valence-corrected chi connectivity index (χ2v) is 7.20. The van der Waals surface area contributed by atoms with Gasteiger partial charge < -0.3 is 9.47 Å². The number of hydrogen-bond acceptors (Lipinski definition) is 4. The first-order chi connectivity index (χ1) is 11.7. The number of benzene rings is 2. The van der Waals surface area contributed by atoms with Crippen LogP contribution in [0.2, 0.25) is 0 Å². The predicted molar refractivity (Wildman–Crippen MR) is 93.7 cm³/mol. The summed E-state index contributed by atoms with van der Waals surface area (Å²) in [6, 6.07) is 15.1. The second kappa shape index (κ2) is 4.69. The summed E-state index contributed by atoms with van der Waals surface area (Å²) in [7, 11) is -0.700. The number of allylic oxidation sites excluding steroid dienone is 2. The van der Waals surface area contributed by atoms with Crippen molar-refractivity contribution in [2.45, 2.75) is 5.60 Å². The number of fused-ring (bicyclic) bond motifs is 6. The summed E-state index contributed by atoms with van der Waals surface area (Å²) in [4.78, 5) is 13.4. The third kappa shape index (κ3) is 1.58. The third-order valence-electron chi connectivity index (χ3n) is 4.51. The fourth-order valence-corrected chi connectivity index (χ4v) is 4.88. The summed E-state index contributed by atoms with van der Waals surface area (Å²) in [5.41, 5.74) is 1.20. The quantitative estimate of drug-likeness (QED) is 0.593. The molecule has 0 amide bonds. The van der Waals surface area contributed by atoms with Crippen LogP contribution >= 0.6 is 10.7 Å². The zero-order valence-electron chi connectivity index (χ0n) is 12.6. The van der Waals surface area contributed by atoms with Crippen molar-refractivity contribution < 1.29 is 14.3 Å². The molecule has 2 atom stereocenters. The van der Waals surface area contributed by atoms with Crippen LogP contribution in [0.15, 0.2) is 71.9 Å². The molecule has 3 heterocycles. The first kappa shape index (κ1) is 13.8. The van der Waals surface area contributed by atoms with Crippen LogP contribution in [0.1, 0.15) is 21.5 Å². The lowest BCUT2D eigenvalue weighted by atomic mass is 9.80. The van der Waals surface area contributed by atoms with Gasteiger partial charge in [0.05, 0.1) is 10.4 Å². The van der Waals surface area contributed by atoms with Gasteiger partial charge in [-0.15, -0.1) is 0 Å². The predicted octanol–water partition coefficient (Wildman–Crippen LogP) is 3.22. The van der Waals surface area contributed by atoms with E-state index in [1.165, 1.54) is 0 Å². The molecule has 24 heavy (non-hydrogen) atoms. The average molecular weight is 335 g/mol. The number of rotatable bonds is 0. The van der Waals surface area contributed by atoms with Crippen molar-refractivity contribution in [3.05, 3.63) is 88.5 Å². The Kier molecular flexibility index (Phi) is 2.69. The van der Waals surface area contributed by atoms with Gasteiger partial charge in [0.2, 0.25) is 5.60 Å². The maximum Gasteiger partial charge on any atom is 0.340 e. The number of para-hydroxylation sites is 1. The van der Waals surface area contributed by atoms with Crippen molar-refractivity contribution in [3.8, 4) is 5.75 Å². The van der Waals surface area contributed by atoms with E-state index in [4.69, 9.17) is 14.6 Å². The van der Waals surface area contributed by atoms with E-state index in [1.807, 2.05) is 60.0 Å². The highest BCUT2D eigenvalue weighted by Gasteiger charge is 2.55. The second-order valence-electron chi connectivity index (χ2n) is 5.77. The molecule has 2 aromatic carbocycles. The number of esters is 1. The van der Waals surface area contributed by atoms with Gasteiger partial charge in [-0.25, -0.2) is 4.79 Å². The molecule has 0 bridgehead atoms. The van der Waals surface area contributed by atoms with Gasteiger partial charge in [0, 0.05) is 11.1 Å². The molecule has 0 aromatic heterocycles. The molecule has 0 saturated carbocycles. The zero-order valence-corrected chi connectivity index (χ0v) is 13.4. The Balaban J connectivity index is 1.95. The fourth-order valence-electron chi connectivity index (χ4n) is 3.56. The van der Waals surface area contributed by atoms with Gasteiger partial charge in [-0.05, 0) is 23.6 Å². The van der Waals surface area contributed by atoms with Crippen LogP contribution in [-0.4, -0.2) is 10.8 Å². The van der Waals surface area contributed by atoms with Crippen molar-refractivity contribution in [1.29, 1.82) is 0 Å². The molecule has 0 radical (unpaired) electrons. The van der Waals surface area contributed by atoms with E-state index >= 15 is 0 Å². The summed E-state index contributed by atoms with van der Waals surface area (Å²) in [5.74, 6) is 1.01. The molecular formula is C19H13NO3S. The van der Waals surface area contributed by atoms with E-state index in [-0.39, 0.29) is 5.97 Å². The molecule has 0 aliphatic carbocycles. The number of hydrogen-bond donors (Lipinski definition) is 1. The van der Waals surface area contributed by atoms with Crippen LogP contribution in [-0.2, 0) is 10.3 Å². The van der Waals surface area contributed by atoms with E-state index in [2.05, 4.69) is 0 Å². The minimum Gasteiger partial charge on any atom is -0.456 e. The Labute approximate surface area is 141 Å². The van der Waals surface area contributed by atoms with E-state index in [0.29, 0.717) is 17.1 Å². The van der Waals surface area contributed by atoms with Crippen molar-refractivity contribution in [2.75, 3.05) is 0 Å². The molecule has 3 aliphatic heterocycles. The lowest BCUT2D eigenvalue weighted by molar-refractivity contribution is 0.0314. The molecule has 2 unspecified atom stereocenters. The molecule has 2 aromatic rings. The molecule has 5 rings (SSSR count). The molecule has 3 aliphatic rings. The Bertz CT molecular complexity index is 1010. The Morgan fingerprint density at radius 3 is 2.62 bits per heavy atom. The van der Waals surface area contributed by atoms with Gasteiger partial charge in [-0.3, -0.25) is 5.14 Å². The van der Waals surface area contributed by atoms with E-state index in [9.17, 15) is 4.79 Å². The summed E-state index contributed by atoms with van der Waals surface area (Å²) in [6.07, 6.45) is 3.75. The van der Waals surface area contributed by atoms with E-state index < -0.39 is 16.3 Å². The van der Waals surface area contributed by atoms with Gasteiger partial charge in [-0.2, -0.15) is 0 Å². The minimum absolute atomic E-state index is 0.333. The Hall–Kier alpha value is -2.63. The maximum absolute atomic E-state index is 12.6. The van der Waals surface area contributed by atoms with Crippen LogP contribution < -0.4 is 9.88 Å². The van der Waals surface area contributed by atoms with Crippen molar-refractivity contribution in [1.82, 2.24) is 0 Å². The highest BCUT2D eigenvalue weighted by atomic mass is 32.2. The van der Waals surface area contributed by atoms with Crippen LogP contribution in [0, 0.1) is 0 Å². The van der Waals surface area contributed by atoms with Crippen LogP contribution in [0.3, 0.4) is 0 Å². The van der Waals surface area contributed by atoms with E-state index in [1.54, 1.807) is 6.07 Å². The highest BCUT2D eigenvalue weighted by Crippen LogP contribution is 2.52. The summed E-state index contributed by atoms with van der Waals surface area (Å²) in [5, 5.41) is 8.30. The fraction of sp³-hybridized carbons (Fsp3) is 0.0526. The third-order valence-corrected chi connectivity index (χ3v) is 5.92. The van der Waals surface area contributed by atoms with Crippen LogP contribution in [0.25, 0.3) is 0 Å². The SMILES string of the molecule is NS1=C2C(=CC=C1)Oc1ccccc1C21OC(=O)c2ccccc21. The normalized spacial score (nSPS) is 26.2. The molecule has 2 N–H and O–H groups in total. The van der Waals surface area contributed by atoms with Gasteiger partial charge in [0.15, 0.2) is 0 Å². The molecular weight excluding hydrogens is 322 g/mol. The molecule has 4 nitrogen and oxygen atoms in total. The van der Waals surface area contributed by atoms with Crippen molar-refractivity contribution in [3.63, 3.8) is 0 Å². The van der Waals surface area contributed by atoms with E-state index in [0.717, 1.165) is 16.0 Å². The Morgan fingerprint density at radius 1 is 1.00 bits per heavy atom. The number of nitrogens with two attached hydrogens (primary N) is 1. The monoisotopic (exact) mass is 335 g/mol. The summed E-state index contributed by atoms with van der Waals surface area (Å²) in [6.45, 7) is 0. The first-order valence-electron chi connectivity index (χ1n) is 7.56. The van der Waals surface area contributed by atoms with Gasteiger partial charge in [0.25, 0.3) is 0 Å². The molecule has 0 fully saturated rings. The topological polar surface area (TPSA) is 61.6 Å². The smallest absolute Gasteiger partial charge is 0.340 e. The molecule has 118 valence electrons. The average Bonchev–Trinajstić information content (AvgIpc) is 2.89. The zero-order chi connectivity index (χ0) is 16.3. The largest absolute Gasteiger partial charge is 0.456 e. The molecule has 1 spiro atoms. The number of carbonyl (C=O) groups is 1. The summed E-state index contributed by atoms with van der Waals surface area (Å²) < 4.78 is 12.1. The van der Waals surface area contributed by atoms with Crippen molar-refractivity contribution >= 4 is 21.5 Å². The number of ether oxygens (including phenoxy) is 2. The lowest BCUT2D eigenvalue weighted by Crippen LogP contribution is -2.44. The standard InChI is InChI=1S/C19H13NO3S/c20-24-11-5-10-16-17(24)19(14-8-3-4-9-15(14)22-16)13-7-2-1-6-12(13)18(21)23-19/h1-11H,20H2. The molecule has 5 heteroatoms. The summed E-state index contributed by atoms with van der Waals surface area (Å²) >= 11 is 0. The number of carbonyl (C=O) groups excluding carboxylic acids is 1. The lowest BCUT2D eigenvalue weighted by Gasteiger charge is -2.39. The minimum atomic E-state index is -1.02. The van der Waals surface area contributed by atoms with Crippen LogP contribution in [0.4, 0.5) is 0 Å². The highest BCUT2D eigenvalue weighted by molar-refractivity contribution is 8.17. The van der Waals surface area contributed by atoms with Gasteiger partial charge in [0.1, 0.15) is 11.5 Å². The van der Waals surface area contributed by atoms with Crippen molar-refractivity contribution in [2.24, 2.45) is 5.14 Å². The van der Waals surface area contributed by atoms with Crippen LogP contribution in [0.5, 0.6) is 5.75 Å². The van der Waals surface area contributed by atoms with Gasteiger partial charge >= 0.3 is 5.97 Å². The first-order valence-corrected chi connectivity index (χ1v) is 8.91. The molecule has 0 saturated heterocycles. The maximum atomic E-state index is 12.6. The van der Waals surface area contributed by atoms with Gasteiger partial charge in [-0.1, -0.05) is 53.1 Å². The Morgan fingerprint density at radius 2 is 1.75 bits per heavy atom.